The third-order valence-electron chi connectivity index (χ3n) is 2.40. The first kappa shape index (κ1) is 14.2. The highest BCUT2D eigenvalue weighted by molar-refractivity contribution is 8.23. The number of hydrogen-bond acceptors (Lipinski definition) is 3. The van der Waals surface area contributed by atoms with Crippen molar-refractivity contribution in [3.63, 3.8) is 0 Å². The molecule has 0 aliphatic rings. The lowest BCUT2D eigenvalue weighted by Crippen LogP contribution is -2.21. The second-order valence-electron chi connectivity index (χ2n) is 3.69. The second kappa shape index (κ2) is 7.52. The van der Waals surface area contributed by atoms with Crippen LogP contribution in [-0.4, -0.2) is 15.7 Å². The molecule has 0 bridgehead atoms. The fourth-order valence-electron chi connectivity index (χ4n) is 1.20. The Balaban J connectivity index is 4.03. The molecule has 0 spiro atoms. The first-order chi connectivity index (χ1) is 6.58. The molecule has 0 saturated carbocycles. The van der Waals surface area contributed by atoms with E-state index in [4.69, 9.17) is 17.0 Å². The molecular formula is C11H22OS2. The molecule has 0 aromatic carbocycles. The van der Waals surface area contributed by atoms with Crippen molar-refractivity contribution in [2.75, 3.05) is 6.61 Å². The van der Waals surface area contributed by atoms with Gasteiger partial charge in [0, 0.05) is 4.75 Å². The number of thiocarbonyl (C=S) groups is 1. The fraction of sp³-hybridized carbons (Fsp3) is 0.909. The number of unbranched alkanes of at least 4 members (excludes halogenated alkanes) is 1. The van der Waals surface area contributed by atoms with Crippen molar-refractivity contribution in [3.8, 4) is 0 Å². The van der Waals surface area contributed by atoms with E-state index in [0.717, 1.165) is 6.42 Å². The van der Waals surface area contributed by atoms with Crippen LogP contribution in [0.5, 0.6) is 0 Å². The van der Waals surface area contributed by atoms with Crippen LogP contribution in [0, 0.1) is 0 Å². The molecule has 84 valence electrons. The number of rotatable bonds is 6. The van der Waals surface area contributed by atoms with Crippen LogP contribution in [0.3, 0.4) is 0 Å². The molecule has 0 rings (SSSR count). The van der Waals surface area contributed by atoms with Crippen molar-refractivity contribution in [2.24, 2.45) is 0 Å². The second-order valence-corrected chi connectivity index (χ2v) is 5.88. The van der Waals surface area contributed by atoms with E-state index >= 15 is 0 Å². The van der Waals surface area contributed by atoms with Crippen molar-refractivity contribution >= 4 is 28.4 Å². The smallest absolute Gasteiger partial charge is 0.220 e. The highest BCUT2D eigenvalue weighted by Gasteiger charge is 2.24. The number of hydrogen-bond donors (Lipinski definition) is 0. The van der Waals surface area contributed by atoms with Gasteiger partial charge in [0.15, 0.2) is 0 Å². The molecular weight excluding hydrogens is 212 g/mol. The zero-order valence-electron chi connectivity index (χ0n) is 9.76. The molecule has 3 heteroatoms. The average molecular weight is 234 g/mol. The lowest BCUT2D eigenvalue weighted by atomic mass is 10.0. The summed E-state index contributed by atoms with van der Waals surface area (Å²) in [5.74, 6) is 0. The quantitative estimate of drug-likeness (QED) is 0.630. The Kier molecular flexibility index (Phi) is 7.65. The van der Waals surface area contributed by atoms with E-state index in [-0.39, 0.29) is 4.75 Å². The van der Waals surface area contributed by atoms with E-state index in [1.807, 2.05) is 6.92 Å². The molecule has 0 fully saturated rings. The molecule has 1 atom stereocenters. The molecule has 0 saturated heterocycles. The minimum Gasteiger partial charge on any atom is -0.479 e. The predicted octanol–water partition coefficient (Wildman–Crippen LogP) is 4.40. The SMILES string of the molecule is CCCCC(C)(CC)SC(=S)OCC. The summed E-state index contributed by atoms with van der Waals surface area (Å²) in [4.78, 5) is 0. The summed E-state index contributed by atoms with van der Waals surface area (Å²) < 4.78 is 6.28. The minimum atomic E-state index is 0.266. The Bertz CT molecular complexity index is 171. The van der Waals surface area contributed by atoms with Crippen molar-refractivity contribution in [1.82, 2.24) is 0 Å². The Morgan fingerprint density at radius 3 is 2.43 bits per heavy atom. The molecule has 0 aromatic rings. The van der Waals surface area contributed by atoms with Gasteiger partial charge in [-0.2, -0.15) is 0 Å². The Morgan fingerprint density at radius 2 is 2.00 bits per heavy atom. The largest absolute Gasteiger partial charge is 0.479 e. The molecule has 0 aromatic heterocycles. The van der Waals surface area contributed by atoms with Gasteiger partial charge in [0.2, 0.25) is 4.38 Å². The van der Waals surface area contributed by atoms with E-state index < -0.39 is 0 Å². The van der Waals surface area contributed by atoms with Crippen molar-refractivity contribution < 1.29 is 4.74 Å². The number of thioether (sulfide) groups is 1. The van der Waals surface area contributed by atoms with Gasteiger partial charge in [0.1, 0.15) is 0 Å². The van der Waals surface area contributed by atoms with Gasteiger partial charge in [-0.1, -0.05) is 38.5 Å². The molecule has 14 heavy (non-hydrogen) atoms. The molecule has 0 amide bonds. The van der Waals surface area contributed by atoms with Crippen LogP contribution in [-0.2, 0) is 4.74 Å². The summed E-state index contributed by atoms with van der Waals surface area (Å²) in [6, 6.07) is 0. The van der Waals surface area contributed by atoms with Gasteiger partial charge in [-0.15, -0.1) is 0 Å². The summed E-state index contributed by atoms with van der Waals surface area (Å²) in [7, 11) is 0. The van der Waals surface area contributed by atoms with Gasteiger partial charge < -0.3 is 4.74 Å². The van der Waals surface area contributed by atoms with Crippen LogP contribution >= 0.6 is 24.0 Å². The maximum atomic E-state index is 5.31. The maximum Gasteiger partial charge on any atom is 0.220 e. The van der Waals surface area contributed by atoms with Crippen LogP contribution in [0.1, 0.15) is 53.4 Å². The Hall–Kier alpha value is 0.240. The number of ether oxygens (including phenoxy) is 1. The van der Waals surface area contributed by atoms with Gasteiger partial charge in [-0.3, -0.25) is 0 Å². The predicted molar refractivity (Wildman–Crippen MR) is 70.0 cm³/mol. The van der Waals surface area contributed by atoms with E-state index in [1.54, 1.807) is 11.8 Å². The molecule has 1 nitrogen and oxygen atoms in total. The molecule has 0 aliphatic heterocycles. The summed E-state index contributed by atoms with van der Waals surface area (Å²) in [6.45, 7) is 9.37. The Morgan fingerprint density at radius 1 is 1.36 bits per heavy atom. The molecule has 0 aliphatic carbocycles. The van der Waals surface area contributed by atoms with Crippen molar-refractivity contribution in [2.45, 2.75) is 58.1 Å². The van der Waals surface area contributed by atoms with Crippen LogP contribution in [0.25, 0.3) is 0 Å². The van der Waals surface area contributed by atoms with Crippen LogP contribution in [0.15, 0.2) is 0 Å². The standard InChI is InChI=1S/C11H22OS2/c1-5-8-9-11(4,6-2)14-10(13)12-7-3/h5-9H2,1-4H3. The minimum absolute atomic E-state index is 0.266. The van der Waals surface area contributed by atoms with Crippen molar-refractivity contribution in [1.29, 1.82) is 0 Å². The lowest BCUT2D eigenvalue weighted by molar-refractivity contribution is 0.345. The highest BCUT2D eigenvalue weighted by atomic mass is 32.2. The van der Waals surface area contributed by atoms with Gasteiger partial charge in [0.25, 0.3) is 0 Å². The molecule has 0 heterocycles. The first-order valence-corrected chi connectivity index (χ1v) is 6.66. The average Bonchev–Trinajstić information content (AvgIpc) is 2.15. The van der Waals surface area contributed by atoms with Crippen LogP contribution in [0.4, 0.5) is 0 Å². The van der Waals surface area contributed by atoms with E-state index in [0.29, 0.717) is 11.0 Å². The Labute approximate surface area is 98.0 Å². The lowest BCUT2D eigenvalue weighted by Gasteiger charge is -2.27. The third-order valence-corrected chi connectivity index (χ3v) is 4.04. The van der Waals surface area contributed by atoms with Crippen molar-refractivity contribution in [3.05, 3.63) is 0 Å². The summed E-state index contributed by atoms with van der Waals surface area (Å²) in [5, 5.41) is 0. The first-order valence-electron chi connectivity index (χ1n) is 5.43. The topological polar surface area (TPSA) is 9.23 Å². The maximum absolute atomic E-state index is 5.31. The summed E-state index contributed by atoms with van der Waals surface area (Å²) in [6.07, 6.45) is 4.88. The van der Waals surface area contributed by atoms with Gasteiger partial charge in [-0.05, 0) is 38.9 Å². The monoisotopic (exact) mass is 234 g/mol. The van der Waals surface area contributed by atoms with Crippen LogP contribution in [0.2, 0.25) is 0 Å². The normalized spacial score (nSPS) is 14.9. The van der Waals surface area contributed by atoms with Gasteiger partial charge in [0.05, 0.1) is 6.61 Å². The molecule has 1 unspecified atom stereocenters. The fourth-order valence-corrected chi connectivity index (χ4v) is 2.89. The van der Waals surface area contributed by atoms with E-state index in [9.17, 15) is 0 Å². The molecule has 0 N–H and O–H groups in total. The zero-order chi connectivity index (χ0) is 11.0. The van der Waals surface area contributed by atoms with Gasteiger partial charge >= 0.3 is 0 Å². The van der Waals surface area contributed by atoms with Crippen LogP contribution < -0.4 is 0 Å². The van der Waals surface area contributed by atoms with E-state index in [2.05, 4.69) is 20.8 Å². The third kappa shape index (κ3) is 5.86. The summed E-state index contributed by atoms with van der Waals surface area (Å²) in [5.41, 5.74) is 0. The highest BCUT2D eigenvalue weighted by Crippen LogP contribution is 2.35. The summed E-state index contributed by atoms with van der Waals surface area (Å²) >= 11 is 6.88. The molecule has 0 radical (unpaired) electrons. The van der Waals surface area contributed by atoms with E-state index in [1.165, 1.54) is 19.3 Å². The zero-order valence-corrected chi connectivity index (χ0v) is 11.4. The van der Waals surface area contributed by atoms with Gasteiger partial charge in [-0.25, -0.2) is 0 Å².